The van der Waals surface area contributed by atoms with Gasteiger partial charge in [0.15, 0.2) is 0 Å². The molecule has 2 heterocycles. The quantitative estimate of drug-likeness (QED) is 0.695. The van der Waals surface area contributed by atoms with Crippen LogP contribution in [-0.4, -0.2) is 31.1 Å². The number of nitrogen functional groups attached to an aromatic ring is 1. The van der Waals surface area contributed by atoms with Gasteiger partial charge in [-0.3, -0.25) is 0 Å². The van der Waals surface area contributed by atoms with E-state index in [4.69, 9.17) is 16.7 Å². The summed E-state index contributed by atoms with van der Waals surface area (Å²) in [6.45, 7) is -12.2. The Morgan fingerprint density at radius 1 is 1.54 bits per heavy atom. The molecule has 0 saturated carbocycles. The van der Waals surface area contributed by atoms with E-state index in [1.54, 1.807) is 0 Å². The summed E-state index contributed by atoms with van der Waals surface area (Å²) in [4.78, 5) is 4.04. The van der Waals surface area contributed by atoms with Crippen molar-refractivity contribution in [3.63, 3.8) is 0 Å². The molecule has 1 saturated heterocycles. The lowest BCUT2D eigenvalue weighted by atomic mass is 10.3. The summed E-state index contributed by atoms with van der Waals surface area (Å²) in [7, 11) is 0. The minimum Gasteiger partial charge on any atom is -0.399 e. The Bertz CT molecular complexity index is 538. The predicted octanol–water partition coefficient (Wildman–Crippen LogP) is 0.500. The zero-order valence-corrected chi connectivity index (χ0v) is 6.61. The first kappa shape index (κ1) is 3.13. The van der Waals surface area contributed by atoms with Gasteiger partial charge < -0.3 is 15.4 Å². The van der Waals surface area contributed by atoms with E-state index in [2.05, 4.69) is 9.72 Å². The van der Waals surface area contributed by atoms with Crippen molar-refractivity contribution in [2.24, 2.45) is 0 Å². The first-order chi connectivity index (χ1) is 9.33. The minimum atomic E-state index is -3.10. The van der Waals surface area contributed by atoms with Crippen LogP contribution in [0.2, 0.25) is 0 Å². The molecule has 1 fully saturated rings. The van der Waals surface area contributed by atoms with Gasteiger partial charge in [-0.25, -0.2) is 4.98 Å². The molecule has 0 atom stereocenters. The molecule has 0 amide bonds. The Hall–Kier alpha value is -1.29. The summed E-state index contributed by atoms with van der Waals surface area (Å²) in [5.41, 5.74) is 5.70. The molecule has 0 radical (unpaired) electrons. The molecule has 1 aliphatic heterocycles. The van der Waals surface area contributed by atoms with Crippen LogP contribution in [0.1, 0.15) is 11.0 Å². The summed E-state index contributed by atoms with van der Waals surface area (Å²) < 4.78 is 65.9. The maximum atomic E-state index is 7.83. The van der Waals surface area contributed by atoms with E-state index in [1.165, 1.54) is 12.3 Å². The monoisotopic (exact) mass is 187 g/mol. The molecule has 13 heavy (non-hydrogen) atoms. The number of rotatable bonds is 1. The van der Waals surface area contributed by atoms with Crippen LogP contribution in [0.5, 0.6) is 0 Å². The third kappa shape index (κ3) is 1.89. The Balaban J connectivity index is 2.67. The van der Waals surface area contributed by atoms with Crippen LogP contribution in [0, 0.1) is 0 Å². The van der Waals surface area contributed by atoms with Gasteiger partial charge in [0.25, 0.3) is 0 Å². The summed E-state index contributed by atoms with van der Waals surface area (Å²) in [6.07, 6.45) is 1.19. The molecule has 0 unspecified atom stereocenters. The van der Waals surface area contributed by atoms with E-state index in [9.17, 15) is 0 Å². The largest absolute Gasteiger partial charge is 0.399 e. The summed E-state index contributed by atoms with van der Waals surface area (Å²) in [5, 5.41) is 0. The van der Waals surface area contributed by atoms with E-state index < -0.39 is 26.1 Å². The number of ether oxygens (including phenoxy) is 1. The van der Waals surface area contributed by atoms with Gasteiger partial charge in [-0.2, -0.15) is 0 Å². The van der Waals surface area contributed by atoms with Crippen molar-refractivity contribution in [1.29, 1.82) is 0 Å². The lowest BCUT2D eigenvalue weighted by Gasteiger charge is -2.27. The number of aromatic nitrogens is 1. The minimum absolute atomic E-state index is 0.152. The molecule has 2 N–H and O–H groups in total. The average Bonchev–Trinajstić information content (AvgIpc) is 2.24. The number of anilines is 2. The number of nitrogens with zero attached hydrogens (tertiary/aromatic N) is 2. The molecule has 70 valence electrons. The first-order valence-electron chi connectivity index (χ1n) is 7.55. The maximum absolute atomic E-state index is 7.83. The Morgan fingerprint density at radius 3 is 3.00 bits per heavy atom. The second kappa shape index (κ2) is 3.62. The average molecular weight is 187 g/mol. The first-order valence-corrected chi connectivity index (χ1v) is 3.55. The van der Waals surface area contributed by atoms with E-state index in [0.717, 1.165) is 6.07 Å². The molecule has 0 spiro atoms. The van der Waals surface area contributed by atoms with Crippen LogP contribution < -0.4 is 10.6 Å². The van der Waals surface area contributed by atoms with Crippen molar-refractivity contribution < 1.29 is 15.7 Å². The lowest BCUT2D eigenvalue weighted by Crippen LogP contribution is -2.36. The third-order valence-corrected chi connectivity index (χ3v) is 1.42. The predicted molar refractivity (Wildman–Crippen MR) is 51.7 cm³/mol. The van der Waals surface area contributed by atoms with Gasteiger partial charge in [0.1, 0.15) is 5.82 Å². The van der Waals surface area contributed by atoms with Gasteiger partial charge >= 0.3 is 0 Å². The van der Waals surface area contributed by atoms with Crippen molar-refractivity contribution >= 4 is 11.5 Å². The second-order valence-corrected chi connectivity index (χ2v) is 2.31. The van der Waals surface area contributed by atoms with Gasteiger partial charge in [0, 0.05) is 30.9 Å². The fraction of sp³-hybridized carbons (Fsp3) is 0.444. The van der Waals surface area contributed by atoms with Crippen molar-refractivity contribution in [3.05, 3.63) is 18.3 Å². The molecule has 0 bridgehead atoms. The topological polar surface area (TPSA) is 51.4 Å². The summed E-state index contributed by atoms with van der Waals surface area (Å²) >= 11 is 0. The smallest absolute Gasteiger partial charge is 0.130 e. The van der Waals surface area contributed by atoms with Crippen LogP contribution in [0.25, 0.3) is 0 Å². The van der Waals surface area contributed by atoms with Crippen LogP contribution in [-0.2, 0) is 4.74 Å². The van der Waals surface area contributed by atoms with Gasteiger partial charge in [0.05, 0.1) is 24.1 Å². The molecular weight excluding hydrogens is 166 g/mol. The molecule has 1 aliphatic rings. The number of morpholine rings is 1. The molecule has 1 aromatic rings. The molecule has 1 aromatic heterocycles. The van der Waals surface area contributed by atoms with Crippen LogP contribution in [0.15, 0.2) is 18.3 Å². The molecule has 0 aliphatic carbocycles. The standard InChI is InChI=1S/C9H13N3O/c10-8-1-2-11-9(7-8)12-3-5-13-6-4-12/h1-2,7H,3-6H2,(H2,10,11)/i3D2,4D2,5D2,6D2. The van der Waals surface area contributed by atoms with E-state index in [0.29, 0.717) is 0 Å². The van der Waals surface area contributed by atoms with Crippen molar-refractivity contribution in [3.8, 4) is 0 Å². The fourth-order valence-corrected chi connectivity index (χ4v) is 0.861. The van der Waals surface area contributed by atoms with Gasteiger partial charge in [0.2, 0.25) is 0 Å². The molecular formula is C9H13N3O. The zero-order chi connectivity index (χ0) is 16.3. The molecule has 0 aromatic carbocycles. The van der Waals surface area contributed by atoms with Gasteiger partial charge in [-0.15, -0.1) is 0 Å². The Morgan fingerprint density at radius 2 is 2.31 bits per heavy atom. The fourth-order valence-electron chi connectivity index (χ4n) is 0.861. The normalized spacial score (nSPS) is 42.0. The highest BCUT2D eigenvalue weighted by Gasteiger charge is 2.11. The van der Waals surface area contributed by atoms with Crippen LogP contribution >= 0.6 is 0 Å². The zero-order valence-electron chi connectivity index (χ0n) is 14.6. The van der Waals surface area contributed by atoms with Gasteiger partial charge in [-0.1, -0.05) is 0 Å². The molecule has 2 rings (SSSR count). The van der Waals surface area contributed by atoms with Crippen molar-refractivity contribution in [2.75, 3.05) is 36.7 Å². The highest BCUT2D eigenvalue weighted by atomic mass is 16.5. The number of hydrogen-bond acceptors (Lipinski definition) is 4. The Kier molecular flexibility index (Phi) is 0.871. The molecule has 4 nitrogen and oxygen atoms in total. The van der Waals surface area contributed by atoms with E-state index in [1.807, 2.05) is 0 Å². The Labute approximate surface area is 88.6 Å². The highest BCUT2D eigenvalue weighted by Crippen LogP contribution is 2.14. The van der Waals surface area contributed by atoms with E-state index >= 15 is 0 Å². The number of hydrogen-bond donors (Lipinski definition) is 1. The second-order valence-electron chi connectivity index (χ2n) is 2.31. The van der Waals surface area contributed by atoms with Crippen molar-refractivity contribution in [2.45, 2.75) is 0 Å². The van der Waals surface area contributed by atoms with Gasteiger partial charge in [-0.05, 0) is 6.07 Å². The van der Waals surface area contributed by atoms with Crippen molar-refractivity contribution in [1.82, 2.24) is 4.98 Å². The third-order valence-electron chi connectivity index (χ3n) is 1.42. The lowest BCUT2D eigenvalue weighted by molar-refractivity contribution is 0.122. The van der Waals surface area contributed by atoms with E-state index in [-0.39, 0.29) is 16.4 Å². The SMILES string of the molecule is [2H]C1([2H])OC([2H])([2H])C([2H])([2H])N(c2cc(N)ccn2)C1([2H])[2H]. The summed E-state index contributed by atoms with van der Waals surface area (Å²) in [5.74, 6) is -0.332. The molecule has 4 heteroatoms. The number of pyridine rings is 1. The van der Waals surface area contributed by atoms with Crippen LogP contribution in [0.3, 0.4) is 0 Å². The maximum Gasteiger partial charge on any atom is 0.130 e. The highest BCUT2D eigenvalue weighted by molar-refractivity contribution is 5.50. The van der Waals surface area contributed by atoms with Crippen LogP contribution in [0.4, 0.5) is 11.5 Å². The number of nitrogens with two attached hydrogens (primary N) is 1. The summed E-state index contributed by atoms with van der Waals surface area (Å²) in [6, 6.07) is 2.52.